The van der Waals surface area contributed by atoms with Crippen LogP contribution in [-0.4, -0.2) is 83.6 Å². The molecule has 0 aromatic carbocycles. The lowest BCUT2D eigenvalue weighted by Gasteiger charge is -2.41. The third-order valence-corrected chi connectivity index (χ3v) is 7.69. The first-order valence-electron chi connectivity index (χ1n) is 10.2. The Kier molecular flexibility index (Phi) is 11.7. The van der Waals surface area contributed by atoms with Crippen molar-refractivity contribution in [3.05, 3.63) is 0 Å². The van der Waals surface area contributed by atoms with Crippen LogP contribution in [0.5, 0.6) is 0 Å². The van der Waals surface area contributed by atoms with E-state index in [9.17, 15) is 65.9 Å². The van der Waals surface area contributed by atoms with E-state index in [0.717, 1.165) is 0 Å². The van der Waals surface area contributed by atoms with Gasteiger partial charge < -0.3 is 18.0 Å². The summed E-state index contributed by atoms with van der Waals surface area (Å²) in [4.78, 5) is 0. The Morgan fingerprint density at radius 1 is 0.514 bits per heavy atom. The minimum absolute atomic E-state index is 0.0543. The van der Waals surface area contributed by atoms with Crippen LogP contribution in [0.3, 0.4) is 0 Å². The molecule has 0 rings (SSSR count). The van der Waals surface area contributed by atoms with Gasteiger partial charge in [-0.1, -0.05) is 0 Å². The fourth-order valence-electron chi connectivity index (χ4n) is 2.68. The van der Waals surface area contributed by atoms with Crippen LogP contribution >= 0.6 is 0 Å². The lowest BCUT2D eigenvalue weighted by Crippen LogP contribution is -2.73. The molecule has 224 valence electrons. The first-order chi connectivity index (χ1) is 16.4. The number of rotatable bonds is 17. The third-order valence-electron chi connectivity index (χ3n) is 4.54. The summed E-state index contributed by atoms with van der Waals surface area (Å²) in [7, 11) is -3.42. The Balaban J connectivity index is 5.69. The predicted octanol–water partition coefficient (Wildman–Crippen LogP) is 6.82. The highest BCUT2D eigenvalue weighted by molar-refractivity contribution is 6.60. The van der Waals surface area contributed by atoms with Crippen LogP contribution in [0.15, 0.2) is 0 Å². The van der Waals surface area contributed by atoms with Gasteiger partial charge in [-0.25, -0.2) is 0 Å². The lowest BCUT2D eigenvalue weighted by atomic mass is 9.91. The summed E-state index contributed by atoms with van der Waals surface area (Å²) in [6, 6.07) is -0.197. The van der Waals surface area contributed by atoms with Gasteiger partial charge in [0.15, 0.2) is 0 Å². The maximum Gasteiger partial charge on any atom is 0.501 e. The number of hydrogen-bond acceptors (Lipinski definition) is 4. The van der Waals surface area contributed by atoms with Crippen LogP contribution in [-0.2, 0) is 18.0 Å². The fourth-order valence-corrected chi connectivity index (χ4v) is 5.26. The Labute approximate surface area is 201 Å². The van der Waals surface area contributed by atoms with Crippen molar-refractivity contribution in [1.29, 1.82) is 0 Å². The van der Waals surface area contributed by atoms with E-state index < -0.39 is 63.7 Å². The van der Waals surface area contributed by atoms with E-state index in [1.54, 1.807) is 0 Å². The second-order valence-corrected chi connectivity index (χ2v) is 9.94. The summed E-state index contributed by atoms with van der Waals surface area (Å²) >= 11 is 0. The molecule has 37 heavy (non-hydrogen) atoms. The Hall–Kier alpha value is -0.993. The fraction of sp³-hybridized carbons (Fsp3) is 1.00. The van der Waals surface area contributed by atoms with Crippen LogP contribution in [0.25, 0.3) is 0 Å². The molecule has 20 heteroatoms. The Morgan fingerprint density at radius 2 is 0.865 bits per heavy atom. The maximum atomic E-state index is 13.8. The molecule has 0 radical (unpaired) electrons. The van der Waals surface area contributed by atoms with E-state index in [1.165, 1.54) is 20.8 Å². The highest BCUT2D eigenvalue weighted by atomic mass is 28.4. The van der Waals surface area contributed by atoms with Gasteiger partial charge in [0.1, 0.15) is 6.61 Å². The molecule has 0 heterocycles. The van der Waals surface area contributed by atoms with Gasteiger partial charge in [-0.05, 0) is 27.2 Å². The van der Waals surface area contributed by atoms with Gasteiger partial charge in [-0.3, -0.25) is 0 Å². The topological polar surface area (TPSA) is 36.9 Å². The van der Waals surface area contributed by atoms with Gasteiger partial charge in [0, 0.05) is 32.5 Å². The average molecular weight is 604 g/mol. The van der Waals surface area contributed by atoms with Crippen molar-refractivity contribution in [2.45, 2.75) is 74.9 Å². The monoisotopic (exact) mass is 604 g/mol. The normalized spacial score (nSPS) is 15.4. The van der Waals surface area contributed by atoms with Crippen LogP contribution in [0.1, 0.15) is 27.2 Å². The standard InChI is InChI=1S/C17H23F15O4Si/c1-4-34-37(35-5-2,36-6-3)9-7-8-33-10-11(18,19)12(20,21)13(22,23)14(24,25)15(26,27)16(28,29)17(30,31)32/h4-10H2,1-3H3. The summed E-state index contributed by atoms with van der Waals surface area (Å²) in [5.74, 6) is -46.7. The van der Waals surface area contributed by atoms with Gasteiger partial charge >= 0.3 is 50.5 Å². The molecule has 0 aliphatic heterocycles. The van der Waals surface area contributed by atoms with Crippen LogP contribution < -0.4 is 0 Å². The SMILES string of the molecule is CCO[Si](CCCOCC(F)(F)C(F)(F)C(F)(F)C(F)(F)C(F)(F)C(F)(F)C(F)(F)F)(OCC)OCC. The van der Waals surface area contributed by atoms with Crippen LogP contribution in [0.4, 0.5) is 65.9 Å². The summed E-state index contributed by atoms with van der Waals surface area (Å²) in [6.45, 7) is 0.947. The summed E-state index contributed by atoms with van der Waals surface area (Å²) in [5, 5.41) is 0. The second kappa shape index (κ2) is 12.0. The van der Waals surface area contributed by atoms with E-state index >= 15 is 0 Å². The highest BCUT2D eigenvalue weighted by Crippen LogP contribution is 2.62. The molecule has 0 saturated carbocycles. The second-order valence-electron chi connectivity index (χ2n) is 7.21. The van der Waals surface area contributed by atoms with Gasteiger partial charge in [0.25, 0.3) is 0 Å². The van der Waals surface area contributed by atoms with Gasteiger partial charge in [-0.2, -0.15) is 65.9 Å². The van der Waals surface area contributed by atoms with E-state index in [1.807, 2.05) is 0 Å². The maximum absolute atomic E-state index is 13.8. The molecule has 0 aromatic heterocycles. The van der Waals surface area contributed by atoms with Crippen molar-refractivity contribution >= 4 is 8.80 Å². The van der Waals surface area contributed by atoms with E-state index in [2.05, 4.69) is 4.74 Å². The third kappa shape index (κ3) is 6.78. The molecular weight excluding hydrogens is 581 g/mol. The van der Waals surface area contributed by atoms with Gasteiger partial charge in [-0.15, -0.1) is 0 Å². The van der Waals surface area contributed by atoms with Crippen molar-refractivity contribution < 1.29 is 83.9 Å². The van der Waals surface area contributed by atoms with E-state index in [-0.39, 0.29) is 32.3 Å². The molecule has 0 fully saturated rings. The molecular formula is C17H23F15O4Si. The molecule has 0 aliphatic rings. The molecule has 0 N–H and O–H groups in total. The zero-order valence-electron chi connectivity index (χ0n) is 19.3. The molecule has 0 saturated heterocycles. The number of ether oxygens (including phenoxy) is 1. The first kappa shape index (κ1) is 36.0. The zero-order chi connectivity index (χ0) is 29.8. The van der Waals surface area contributed by atoms with Crippen LogP contribution in [0.2, 0.25) is 6.04 Å². The van der Waals surface area contributed by atoms with Gasteiger partial charge in [0.2, 0.25) is 0 Å². The largest absolute Gasteiger partial charge is 0.501 e. The van der Waals surface area contributed by atoms with Crippen molar-refractivity contribution in [2.75, 3.05) is 33.0 Å². The van der Waals surface area contributed by atoms with E-state index in [0.29, 0.717) is 0 Å². The quantitative estimate of drug-likeness (QED) is 0.104. The highest BCUT2D eigenvalue weighted by Gasteiger charge is 2.93. The minimum atomic E-state index is -8.32. The average Bonchev–Trinajstić information content (AvgIpc) is 2.72. The smallest absolute Gasteiger partial charge is 0.375 e. The molecule has 0 bridgehead atoms. The lowest BCUT2D eigenvalue weighted by molar-refractivity contribution is -0.453. The molecule has 0 unspecified atom stereocenters. The summed E-state index contributed by atoms with van der Waals surface area (Å²) < 4.78 is 217. The molecule has 4 nitrogen and oxygen atoms in total. The summed E-state index contributed by atoms with van der Waals surface area (Å²) in [5.41, 5.74) is 0. The Morgan fingerprint density at radius 3 is 1.22 bits per heavy atom. The molecule has 0 aromatic rings. The van der Waals surface area contributed by atoms with Crippen LogP contribution in [0, 0.1) is 0 Å². The zero-order valence-corrected chi connectivity index (χ0v) is 20.3. The number of halogens is 15. The van der Waals surface area contributed by atoms with Crippen molar-refractivity contribution in [3.63, 3.8) is 0 Å². The summed E-state index contributed by atoms with van der Waals surface area (Å²) in [6.07, 6.45) is -8.02. The van der Waals surface area contributed by atoms with Crippen molar-refractivity contribution in [3.8, 4) is 0 Å². The van der Waals surface area contributed by atoms with Gasteiger partial charge in [0.05, 0.1) is 0 Å². The van der Waals surface area contributed by atoms with E-state index in [4.69, 9.17) is 13.3 Å². The predicted molar refractivity (Wildman–Crippen MR) is 96.6 cm³/mol. The Bertz CT molecular complexity index is 698. The number of alkyl halides is 15. The first-order valence-corrected chi connectivity index (χ1v) is 12.2. The molecule has 0 atom stereocenters. The van der Waals surface area contributed by atoms with Crippen molar-refractivity contribution in [2.24, 2.45) is 0 Å². The minimum Gasteiger partial charge on any atom is -0.375 e. The molecule has 0 aliphatic carbocycles. The number of hydrogen-bond donors (Lipinski definition) is 0. The molecule has 0 amide bonds. The van der Waals surface area contributed by atoms with Crippen molar-refractivity contribution in [1.82, 2.24) is 0 Å². The molecule has 0 spiro atoms.